The topological polar surface area (TPSA) is 52.0 Å². The van der Waals surface area contributed by atoms with E-state index in [0.29, 0.717) is 11.6 Å². The number of nitrogen functional groups attached to an aromatic ring is 1. The normalized spacial score (nSPS) is 26.9. The van der Waals surface area contributed by atoms with E-state index < -0.39 is 0 Å². The number of fused-ring (bicyclic) bond motifs is 1. The summed E-state index contributed by atoms with van der Waals surface area (Å²) >= 11 is 0. The van der Waals surface area contributed by atoms with Crippen LogP contribution in [0.25, 0.3) is 0 Å². The highest BCUT2D eigenvalue weighted by molar-refractivity contribution is 5.47. The summed E-state index contributed by atoms with van der Waals surface area (Å²) in [6.07, 6.45) is 3.57. The first kappa shape index (κ1) is 11.3. The van der Waals surface area contributed by atoms with Gasteiger partial charge in [0.1, 0.15) is 12.0 Å². The number of hydrogen-bond acceptors (Lipinski definition) is 3. The van der Waals surface area contributed by atoms with Gasteiger partial charge in [0.2, 0.25) is 0 Å². The Kier molecular flexibility index (Phi) is 2.44. The zero-order valence-electron chi connectivity index (χ0n) is 10.8. The average molecular weight is 242 g/mol. The second-order valence-electron chi connectivity index (χ2n) is 5.66. The number of anilines is 1. The quantitative estimate of drug-likeness (QED) is 0.835. The van der Waals surface area contributed by atoms with Gasteiger partial charge in [-0.3, -0.25) is 0 Å². The molecule has 3 rings (SSSR count). The van der Waals surface area contributed by atoms with Crippen molar-refractivity contribution in [1.82, 2.24) is 5.16 Å². The van der Waals surface area contributed by atoms with Crippen LogP contribution in [-0.4, -0.2) is 5.16 Å². The van der Waals surface area contributed by atoms with E-state index in [1.807, 2.05) is 0 Å². The lowest BCUT2D eigenvalue weighted by Gasteiger charge is -2.37. The number of aromatic nitrogens is 1. The van der Waals surface area contributed by atoms with Gasteiger partial charge in [-0.1, -0.05) is 43.3 Å². The maximum atomic E-state index is 5.97. The Morgan fingerprint density at radius 1 is 1.39 bits per heavy atom. The Bertz CT molecular complexity index is 575. The molecule has 2 unspecified atom stereocenters. The van der Waals surface area contributed by atoms with Crippen LogP contribution < -0.4 is 5.73 Å². The summed E-state index contributed by atoms with van der Waals surface area (Å²) in [6, 6.07) is 8.65. The van der Waals surface area contributed by atoms with Crippen molar-refractivity contribution in [2.45, 2.75) is 38.0 Å². The van der Waals surface area contributed by atoms with Gasteiger partial charge in [-0.15, -0.1) is 0 Å². The highest BCUT2D eigenvalue weighted by atomic mass is 16.5. The van der Waals surface area contributed by atoms with Gasteiger partial charge < -0.3 is 10.3 Å². The first-order valence-corrected chi connectivity index (χ1v) is 6.38. The molecule has 1 aromatic heterocycles. The van der Waals surface area contributed by atoms with E-state index in [1.54, 1.807) is 0 Å². The van der Waals surface area contributed by atoms with E-state index in [1.165, 1.54) is 17.4 Å². The van der Waals surface area contributed by atoms with E-state index >= 15 is 0 Å². The lowest BCUT2D eigenvalue weighted by Crippen LogP contribution is -2.32. The van der Waals surface area contributed by atoms with E-state index in [0.717, 1.165) is 18.5 Å². The minimum absolute atomic E-state index is 0.0230. The molecule has 1 heterocycles. The number of benzene rings is 1. The third kappa shape index (κ3) is 1.62. The Morgan fingerprint density at radius 3 is 2.89 bits per heavy atom. The van der Waals surface area contributed by atoms with Crippen LogP contribution in [0.15, 0.2) is 35.1 Å². The molecule has 0 amide bonds. The van der Waals surface area contributed by atoms with Gasteiger partial charge in [-0.05, 0) is 29.9 Å². The number of rotatable bonds is 1. The summed E-state index contributed by atoms with van der Waals surface area (Å²) in [7, 11) is 0. The summed E-state index contributed by atoms with van der Waals surface area (Å²) < 4.78 is 5.01. The predicted molar refractivity (Wildman–Crippen MR) is 71.4 cm³/mol. The lowest BCUT2D eigenvalue weighted by molar-refractivity contribution is 0.331. The monoisotopic (exact) mass is 242 g/mol. The van der Waals surface area contributed by atoms with Gasteiger partial charge in [-0.25, -0.2) is 0 Å². The Labute approximate surface area is 107 Å². The van der Waals surface area contributed by atoms with Gasteiger partial charge >= 0.3 is 0 Å². The zero-order chi connectivity index (χ0) is 12.8. The number of nitrogens with zero attached hydrogens (tertiary/aromatic N) is 1. The van der Waals surface area contributed by atoms with Crippen molar-refractivity contribution < 1.29 is 4.52 Å². The van der Waals surface area contributed by atoms with Gasteiger partial charge in [0, 0.05) is 5.41 Å². The zero-order valence-corrected chi connectivity index (χ0v) is 10.8. The van der Waals surface area contributed by atoms with Crippen LogP contribution in [0.2, 0.25) is 0 Å². The molecule has 3 nitrogen and oxygen atoms in total. The second kappa shape index (κ2) is 3.87. The molecular weight excluding hydrogens is 224 g/mol. The van der Waals surface area contributed by atoms with Crippen LogP contribution >= 0.6 is 0 Å². The third-order valence-corrected chi connectivity index (χ3v) is 4.09. The van der Waals surface area contributed by atoms with Crippen LogP contribution in [0.5, 0.6) is 0 Å². The molecule has 0 aliphatic heterocycles. The molecule has 2 N–H and O–H groups in total. The fourth-order valence-electron chi connectivity index (χ4n) is 3.34. The molecule has 2 aromatic rings. The summed E-state index contributed by atoms with van der Waals surface area (Å²) in [5, 5.41) is 4.12. The Hall–Kier alpha value is -1.77. The molecule has 0 spiro atoms. The lowest BCUT2D eigenvalue weighted by atomic mass is 9.67. The first-order chi connectivity index (χ1) is 8.60. The molecular formula is C15H18N2O. The van der Waals surface area contributed by atoms with Gasteiger partial charge in [0.25, 0.3) is 0 Å². The smallest absolute Gasteiger partial charge is 0.147 e. The highest BCUT2D eigenvalue weighted by Crippen LogP contribution is 2.44. The van der Waals surface area contributed by atoms with Crippen LogP contribution in [0.1, 0.15) is 43.0 Å². The molecule has 0 radical (unpaired) electrons. The minimum Gasteiger partial charge on any atom is -0.395 e. The fraction of sp³-hybridized carbons (Fsp3) is 0.400. The maximum Gasteiger partial charge on any atom is 0.147 e. The Balaban J connectivity index is 2.06. The van der Waals surface area contributed by atoms with Crippen molar-refractivity contribution in [2.24, 2.45) is 0 Å². The summed E-state index contributed by atoms with van der Waals surface area (Å²) in [6.45, 7) is 4.50. The summed E-state index contributed by atoms with van der Waals surface area (Å²) in [4.78, 5) is 0. The van der Waals surface area contributed by atoms with Gasteiger partial charge in [0.15, 0.2) is 0 Å². The van der Waals surface area contributed by atoms with Crippen molar-refractivity contribution in [3.63, 3.8) is 0 Å². The third-order valence-electron chi connectivity index (χ3n) is 4.09. The molecule has 1 aliphatic carbocycles. The van der Waals surface area contributed by atoms with Crippen LogP contribution in [0.4, 0.5) is 5.69 Å². The first-order valence-electron chi connectivity index (χ1n) is 6.38. The molecule has 94 valence electrons. The van der Waals surface area contributed by atoms with Crippen molar-refractivity contribution >= 4 is 5.69 Å². The van der Waals surface area contributed by atoms with E-state index in [-0.39, 0.29) is 5.41 Å². The summed E-state index contributed by atoms with van der Waals surface area (Å²) in [5.74, 6) is 0.524. The molecule has 0 bridgehead atoms. The van der Waals surface area contributed by atoms with Gasteiger partial charge in [-0.2, -0.15) is 0 Å². The van der Waals surface area contributed by atoms with E-state index in [2.05, 4.69) is 43.3 Å². The predicted octanol–water partition coefficient (Wildman–Crippen LogP) is 3.26. The standard InChI is InChI=1S/C15H18N2O/c1-10-7-15(2,14-13(16)9-18-17-14)8-11-5-3-4-6-12(10)11/h3-6,9-10H,7-8,16H2,1-2H3. The number of hydrogen-bond donors (Lipinski definition) is 1. The van der Waals surface area contributed by atoms with Crippen molar-refractivity contribution in [3.8, 4) is 0 Å². The molecule has 0 fully saturated rings. The van der Waals surface area contributed by atoms with Crippen LogP contribution in [0.3, 0.4) is 0 Å². The minimum atomic E-state index is -0.0230. The largest absolute Gasteiger partial charge is 0.395 e. The molecule has 3 heteroatoms. The average Bonchev–Trinajstić information content (AvgIpc) is 2.76. The molecule has 0 saturated heterocycles. The SMILES string of the molecule is CC1CC(C)(c2nocc2N)Cc2ccccc21. The Morgan fingerprint density at radius 2 is 2.17 bits per heavy atom. The van der Waals surface area contributed by atoms with Gasteiger partial charge in [0.05, 0.1) is 5.69 Å². The van der Waals surface area contributed by atoms with Crippen molar-refractivity contribution in [2.75, 3.05) is 5.73 Å². The molecule has 0 saturated carbocycles. The molecule has 1 aromatic carbocycles. The van der Waals surface area contributed by atoms with Crippen LogP contribution in [0, 0.1) is 0 Å². The number of nitrogens with two attached hydrogens (primary N) is 1. The van der Waals surface area contributed by atoms with E-state index in [9.17, 15) is 0 Å². The van der Waals surface area contributed by atoms with Crippen molar-refractivity contribution in [1.29, 1.82) is 0 Å². The fourth-order valence-corrected chi connectivity index (χ4v) is 3.34. The molecule has 2 atom stereocenters. The summed E-state index contributed by atoms with van der Waals surface area (Å²) in [5.41, 5.74) is 10.4. The van der Waals surface area contributed by atoms with E-state index in [4.69, 9.17) is 10.3 Å². The van der Waals surface area contributed by atoms with Crippen molar-refractivity contribution in [3.05, 3.63) is 47.3 Å². The molecule has 1 aliphatic rings. The highest BCUT2D eigenvalue weighted by Gasteiger charge is 2.38. The maximum absolute atomic E-state index is 5.97. The van der Waals surface area contributed by atoms with Crippen LogP contribution in [-0.2, 0) is 11.8 Å². The molecule has 18 heavy (non-hydrogen) atoms. The second-order valence-corrected chi connectivity index (χ2v) is 5.66.